The second kappa shape index (κ2) is 9.68. The number of nitrogens with one attached hydrogen (secondary N) is 1. The number of Topliss-reactive ketones (excluding diaryl/α,β-unsaturated/α-hetero) is 1. The summed E-state index contributed by atoms with van der Waals surface area (Å²) in [5.74, 6) is 0.326. The van der Waals surface area contributed by atoms with Gasteiger partial charge in [0.25, 0.3) is 5.91 Å². The molecule has 0 unspecified atom stereocenters. The number of benzene rings is 2. The zero-order valence-electron chi connectivity index (χ0n) is 15.9. The van der Waals surface area contributed by atoms with Gasteiger partial charge < -0.3 is 15.0 Å². The lowest BCUT2D eigenvalue weighted by molar-refractivity contribution is -0.118. The Morgan fingerprint density at radius 2 is 1.79 bits per heavy atom. The van der Waals surface area contributed by atoms with Gasteiger partial charge in [0.05, 0.1) is 6.54 Å². The quantitative estimate of drug-likeness (QED) is 0.723. The first kappa shape index (κ1) is 20.3. The Labute approximate surface area is 170 Å². The maximum Gasteiger partial charge on any atom is 0.262 e. The van der Waals surface area contributed by atoms with Crippen molar-refractivity contribution in [2.75, 3.05) is 51.7 Å². The molecule has 2 aromatic carbocycles. The lowest BCUT2D eigenvalue weighted by Gasteiger charge is -2.31. The maximum absolute atomic E-state index is 12.6. The molecule has 1 N–H and O–H groups in total. The molecule has 1 aliphatic heterocycles. The van der Waals surface area contributed by atoms with Gasteiger partial charge in [0.15, 0.2) is 12.4 Å². The number of carbonyl (C=O) groups is 2. The first-order valence-corrected chi connectivity index (χ1v) is 9.60. The van der Waals surface area contributed by atoms with Crippen molar-refractivity contribution >= 4 is 29.0 Å². The van der Waals surface area contributed by atoms with Crippen molar-refractivity contribution in [1.29, 1.82) is 0 Å². The van der Waals surface area contributed by atoms with Crippen LogP contribution >= 0.6 is 11.6 Å². The summed E-state index contributed by atoms with van der Waals surface area (Å²) in [6.45, 7) is 3.99. The van der Waals surface area contributed by atoms with Crippen LogP contribution < -0.4 is 10.1 Å². The highest BCUT2D eigenvalue weighted by Crippen LogP contribution is 2.16. The minimum absolute atomic E-state index is 0.0538. The number of rotatable bonds is 7. The number of ketones is 1. The van der Waals surface area contributed by atoms with Gasteiger partial charge in [-0.05, 0) is 43.4 Å². The number of carbonyl (C=O) groups excluding carboxylic acids is 2. The molecule has 1 fully saturated rings. The van der Waals surface area contributed by atoms with Crippen molar-refractivity contribution in [3.8, 4) is 5.75 Å². The topological polar surface area (TPSA) is 61.9 Å². The molecule has 1 amide bonds. The van der Waals surface area contributed by atoms with E-state index in [0.29, 0.717) is 28.6 Å². The predicted octanol–water partition coefficient (Wildman–Crippen LogP) is 2.79. The fourth-order valence-electron chi connectivity index (χ4n) is 2.95. The summed E-state index contributed by atoms with van der Waals surface area (Å²) in [5.41, 5.74) is 1.17. The van der Waals surface area contributed by atoms with Gasteiger partial charge >= 0.3 is 0 Å². The van der Waals surface area contributed by atoms with E-state index in [1.807, 2.05) is 0 Å². The Bertz CT molecular complexity index is 818. The highest BCUT2D eigenvalue weighted by molar-refractivity contribution is 6.30. The summed E-state index contributed by atoms with van der Waals surface area (Å²) in [6.07, 6.45) is 0. The Kier molecular flexibility index (Phi) is 7.03. The van der Waals surface area contributed by atoms with E-state index in [-0.39, 0.29) is 18.3 Å². The number of nitrogens with zero attached hydrogens (tertiary/aromatic N) is 2. The van der Waals surface area contributed by atoms with E-state index in [4.69, 9.17) is 16.3 Å². The summed E-state index contributed by atoms with van der Waals surface area (Å²) < 4.78 is 5.43. The smallest absolute Gasteiger partial charge is 0.262 e. The highest BCUT2D eigenvalue weighted by Gasteiger charge is 2.17. The molecule has 0 saturated carbocycles. The van der Waals surface area contributed by atoms with E-state index in [0.717, 1.165) is 26.2 Å². The molecule has 3 rings (SSSR count). The average molecular weight is 402 g/mol. The van der Waals surface area contributed by atoms with E-state index in [9.17, 15) is 9.59 Å². The molecule has 1 aliphatic rings. The van der Waals surface area contributed by atoms with Crippen LogP contribution in [0, 0.1) is 0 Å². The van der Waals surface area contributed by atoms with Crippen LogP contribution in [0.1, 0.15) is 10.4 Å². The van der Waals surface area contributed by atoms with Gasteiger partial charge in [0, 0.05) is 42.5 Å². The molecule has 148 valence electrons. The second-order valence-corrected chi connectivity index (χ2v) is 7.31. The largest absolute Gasteiger partial charge is 0.484 e. The molecule has 0 aromatic heterocycles. The summed E-state index contributed by atoms with van der Waals surface area (Å²) in [7, 11) is 2.09. The van der Waals surface area contributed by atoms with Crippen LogP contribution in [0.2, 0.25) is 5.02 Å². The molecular weight excluding hydrogens is 378 g/mol. The summed E-state index contributed by atoms with van der Waals surface area (Å²) in [4.78, 5) is 29.1. The number of anilines is 1. The highest BCUT2D eigenvalue weighted by atomic mass is 35.5. The third-order valence-corrected chi connectivity index (χ3v) is 4.87. The zero-order valence-corrected chi connectivity index (χ0v) is 16.6. The lowest BCUT2D eigenvalue weighted by Crippen LogP contribution is -2.46. The normalized spacial score (nSPS) is 15.2. The summed E-state index contributed by atoms with van der Waals surface area (Å²) in [5, 5.41) is 3.37. The Balaban J connectivity index is 1.51. The number of hydrogen-bond donors (Lipinski definition) is 1. The van der Waals surface area contributed by atoms with E-state index >= 15 is 0 Å². The minimum atomic E-state index is -0.293. The van der Waals surface area contributed by atoms with Crippen molar-refractivity contribution in [2.24, 2.45) is 0 Å². The average Bonchev–Trinajstić information content (AvgIpc) is 2.69. The SMILES string of the molecule is CN1CCN(CC(=O)c2cccc(NC(=O)COc3ccc(Cl)cc3)c2)CC1. The van der Waals surface area contributed by atoms with Gasteiger partial charge in [-0.3, -0.25) is 14.5 Å². The molecule has 1 saturated heterocycles. The molecule has 0 bridgehead atoms. The number of piperazine rings is 1. The Morgan fingerprint density at radius 1 is 1.07 bits per heavy atom. The third-order valence-electron chi connectivity index (χ3n) is 4.61. The Morgan fingerprint density at radius 3 is 2.50 bits per heavy atom. The first-order valence-electron chi connectivity index (χ1n) is 9.22. The molecule has 0 radical (unpaired) electrons. The van der Waals surface area contributed by atoms with Crippen LogP contribution in [0.5, 0.6) is 5.75 Å². The molecule has 7 heteroatoms. The number of amides is 1. The van der Waals surface area contributed by atoms with Crippen molar-refractivity contribution in [3.05, 3.63) is 59.1 Å². The van der Waals surface area contributed by atoms with Crippen molar-refractivity contribution in [2.45, 2.75) is 0 Å². The van der Waals surface area contributed by atoms with Gasteiger partial charge in [0.1, 0.15) is 5.75 Å². The molecule has 0 atom stereocenters. The van der Waals surface area contributed by atoms with E-state index in [1.54, 1.807) is 48.5 Å². The molecule has 28 heavy (non-hydrogen) atoms. The third kappa shape index (κ3) is 6.05. The van der Waals surface area contributed by atoms with E-state index in [2.05, 4.69) is 22.2 Å². The van der Waals surface area contributed by atoms with E-state index < -0.39 is 0 Å². The van der Waals surface area contributed by atoms with Gasteiger partial charge in [-0.2, -0.15) is 0 Å². The second-order valence-electron chi connectivity index (χ2n) is 6.87. The molecule has 6 nitrogen and oxygen atoms in total. The van der Waals surface area contributed by atoms with Gasteiger partial charge in [-0.25, -0.2) is 0 Å². The molecule has 0 aliphatic carbocycles. The number of ether oxygens (including phenoxy) is 1. The maximum atomic E-state index is 12.6. The monoisotopic (exact) mass is 401 g/mol. The molecule has 0 spiro atoms. The predicted molar refractivity (Wildman–Crippen MR) is 110 cm³/mol. The van der Waals surface area contributed by atoms with Crippen LogP contribution in [0.15, 0.2) is 48.5 Å². The number of halogens is 1. The summed E-state index contributed by atoms with van der Waals surface area (Å²) in [6, 6.07) is 13.8. The molecule has 2 aromatic rings. The van der Waals surface area contributed by atoms with Gasteiger partial charge in [-0.15, -0.1) is 0 Å². The number of likely N-dealkylation sites (N-methyl/N-ethyl adjacent to an activating group) is 1. The van der Waals surface area contributed by atoms with Crippen LogP contribution in [0.3, 0.4) is 0 Å². The van der Waals surface area contributed by atoms with Crippen LogP contribution in [-0.2, 0) is 4.79 Å². The van der Waals surface area contributed by atoms with Crippen LogP contribution in [0.4, 0.5) is 5.69 Å². The van der Waals surface area contributed by atoms with Crippen molar-refractivity contribution in [3.63, 3.8) is 0 Å². The zero-order chi connectivity index (χ0) is 19.9. The molecule has 1 heterocycles. The fraction of sp³-hybridized carbons (Fsp3) is 0.333. The van der Waals surface area contributed by atoms with Gasteiger partial charge in [0.2, 0.25) is 0 Å². The van der Waals surface area contributed by atoms with Crippen LogP contribution in [0.25, 0.3) is 0 Å². The first-order chi connectivity index (χ1) is 13.5. The number of hydrogen-bond acceptors (Lipinski definition) is 5. The van der Waals surface area contributed by atoms with Crippen molar-refractivity contribution in [1.82, 2.24) is 9.80 Å². The van der Waals surface area contributed by atoms with Crippen molar-refractivity contribution < 1.29 is 14.3 Å². The summed E-state index contributed by atoms with van der Waals surface area (Å²) >= 11 is 5.82. The lowest BCUT2D eigenvalue weighted by atomic mass is 10.1. The van der Waals surface area contributed by atoms with Gasteiger partial charge in [-0.1, -0.05) is 23.7 Å². The fourth-order valence-corrected chi connectivity index (χ4v) is 3.07. The standard InChI is InChI=1S/C21H24ClN3O3/c1-24-9-11-25(12-10-24)14-20(26)16-3-2-4-18(13-16)23-21(27)15-28-19-7-5-17(22)6-8-19/h2-8,13H,9-12,14-15H2,1H3,(H,23,27). The minimum Gasteiger partial charge on any atom is -0.484 e. The Hall–Kier alpha value is -2.41. The molecular formula is C21H24ClN3O3. The van der Waals surface area contributed by atoms with Crippen LogP contribution in [-0.4, -0.2) is 67.9 Å². The van der Waals surface area contributed by atoms with E-state index in [1.165, 1.54) is 0 Å².